The lowest BCUT2D eigenvalue weighted by Crippen LogP contribution is -2.46. The van der Waals surface area contributed by atoms with Gasteiger partial charge in [0.2, 0.25) is 6.41 Å². The van der Waals surface area contributed by atoms with E-state index >= 15 is 0 Å². The number of amides is 1. The molecule has 0 saturated carbocycles. The van der Waals surface area contributed by atoms with Crippen LogP contribution < -0.4 is 40.5 Å². The Labute approximate surface area is 456 Å². The third kappa shape index (κ3) is 14.1. The summed E-state index contributed by atoms with van der Waals surface area (Å²) >= 11 is 0. The molecule has 7 heterocycles. The summed E-state index contributed by atoms with van der Waals surface area (Å²) in [5.74, 6) is 3.59. The van der Waals surface area contributed by atoms with Gasteiger partial charge in [-0.15, -0.1) is 11.7 Å². The van der Waals surface area contributed by atoms with Crippen LogP contribution in [0.15, 0.2) is 121 Å². The Morgan fingerprint density at radius 1 is 0.684 bits per heavy atom. The number of ether oxygens (including phenoxy) is 2. The molecular formula is C56H64F2N18O3. The fraction of sp³-hybridized carbons (Fsp3) is 0.268. The molecule has 2 aliphatic heterocycles. The molecule has 9 aromatic rings. The number of allylic oxidation sites excluding steroid dienone is 1. The highest BCUT2D eigenvalue weighted by molar-refractivity contribution is 5.89. The average Bonchev–Trinajstić information content (AvgIpc) is 3.87. The molecular weight excluding hydrogens is 1010 g/mol. The van der Waals surface area contributed by atoms with Crippen molar-refractivity contribution in [3.05, 3.63) is 139 Å². The van der Waals surface area contributed by atoms with Crippen molar-refractivity contribution in [1.29, 1.82) is 5.53 Å². The first-order valence-electron chi connectivity index (χ1n) is 25.0. The summed E-state index contributed by atoms with van der Waals surface area (Å²) in [6.07, 6.45) is 5.35. The highest BCUT2D eigenvalue weighted by atomic mass is 19.1. The van der Waals surface area contributed by atoms with Gasteiger partial charge in [-0.3, -0.25) is 4.79 Å². The largest absolute Gasteiger partial charge is 0.457 e. The minimum absolute atomic E-state index is 0. The predicted molar refractivity (Wildman–Crippen MR) is 307 cm³/mol. The molecule has 410 valence electrons. The molecule has 0 bridgehead atoms. The Hall–Kier alpha value is -9.51. The van der Waals surface area contributed by atoms with Crippen LogP contribution in [0.1, 0.15) is 25.5 Å². The number of aromatic nitrogens is 9. The van der Waals surface area contributed by atoms with Crippen molar-refractivity contribution in [2.45, 2.75) is 28.2 Å². The maximum atomic E-state index is 14.9. The molecule has 2 fully saturated rings. The van der Waals surface area contributed by atoms with E-state index in [9.17, 15) is 13.6 Å². The lowest BCUT2D eigenvalue weighted by atomic mass is 10.2. The number of nitrogens with zero attached hydrogens (tertiary/aromatic N) is 13. The van der Waals surface area contributed by atoms with Crippen molar-refractivity contribution in [1.82, 2.24) is 55.1 Å². The number of hydrogen-bond donors (Lipinski definition) is 5. The minimum Gasteiger partial charge on any atom is -0.457 e. The van der Waals surface area contributed by atoms with Crippen LogP contribution in [0.2, 0.25) is 0 Å². The fourth-order valence-electron chi connectivity index (χ4n) is 8.43. The molecule has 2 aliphatic rings. The van der Waals surface area contributed by atoms with Gasteiger partial charge in [-0.25, -0.2) is 54.0 Å². The molecule has 23 heteroatoms. The average molecular weight is 1080 g/mol. The van der Waals surface area contributed by atoms with E-state index in [1.165, 1.54) is 31.8 Å². The highest BCUT2D eigenvalue weighted by Crippen LogP contribution is 2.34. The first-order valence-corrected chi connectivity index (χ1v) is 25.0. The molecule has 5 N–H and O–H groups in total. The molecule has 11 rings (SSSR count). The van der Waals surface area contributed by atoms with E-state index in [1.807, 2.05) is 124 Å². The number of carbonyl (C=O) groups is 1. The summed E-state index contributed by atoms with van der Waals surface area (Å²) in [6, 6.07) is 27.7. The van der Waals surface area contributed by atoms with Gasteiger partial charge in [0, 0.05) is 109 Å². The van der Waals surface area contributed by atoms with E-state index in [0.29, 0.717) is 90.3 Å². The molecule has 4 aromatic carbocycles. The van der Waals surface area contributed by atoms with Gasteiger partial charge in [-0.1, -0.05) is 18.7 Å². The number of rotatable bonds is 12. The number of pyridine rings is 2. The first kappa shape index (κ1) is 57.2. The normalized spacial score (nSPS) is 12.8. The van der Waals surface area contributed by atoms with Crippen molar-refractivity contribution >= 4 is 79.8 Å². The molecule has 1 amide bonds. The lowest BCUT2D eigenvalue weighted by Gasteiger charge is -2.33. The van der Waals surface area contributed by atoms with Crippen LogP contribution in [0.25, 0.3) is 33.1 Å². The van der Waals surface area contributed by atoms with Crippen molar-refractivity contribution in [2.24, 2.45) is 12.2 Å². The van der Waals surface area contributed by atoms with Gasteiger partial charge in [-0.2, -0.15) is 0 Å². The van der Waals surface area contributed by atoms with E-state index in [1.54, 1.807) is 15.7 Å². The number of aryl methyl sites for hydroxylation is 3. The Morgan fingerprint density at radius 2 is 1.16 bits per heavy atom. The van der Waals surface area contributed by atoms with Gasteiger partial charge in [0.25, 0.3) is 0 Å². The first-order chi connectivity index (χ1) is 37.9. The smallest absolute Gasteiger partial charge is 0.209 e. The Balaban J connectivity index is 0.000000207. The number of piperazine rings is 2. The van der Waals surface area contributed by atoms with E-state index in [2.05, 4.69) is 73.2 Å². The third-order valence-corrected chi connectivity index (χ3v) is 12.3. The van der Waals surface area contributed by atoms with Crippen LogP contribution in [-0.4, -0.2) is 123 Å². The number of anilines is 7. The lowest BCUT2D eigenvalue weighted by molar-refractivity contribution is -0.118. The van der Waals surface area contributed by atoms with E-state index < -0.39 is 5.82 Å². The van der Waals surface area contributed by atoms with E-state index in [-0.39, 0.29) is 19.1 Å². The van der Waals surface area contributed by atoms with Crippen LogP contribution in [0.3, 0.4) is 0 Å². The molecule has 2 saturated heterocycles. The zero-order valence-corrected chi connectivity index (χ0v) is 44.1. The Morgan fingerprint density at radius 3 is 1.66 bits per heavy atom. The zero-order valence-electron chi connectivity index (χ0n) is 44.1. The SMILES string of the molecule is C.C=CC.CN=N.CNc1ccc(Oc2ccc(Nc3ncnc4cc(F)c(N5CCNCC5)nc34)cc2C)cc1.Cc1cc(Nc2ncnc3cc(F)c(N4CCN(C=O)CC4)nc23)ccc1Oc1ccc2c(c1)nnn2C. The number of nitrogens with one attached hydrogen (secondary N) is 5. The summed E-state index contributed by atoms with van der Waals surface area (Å²) in [5.41, 5.74) is 13.8. The highest BCUT2D eigenvalue weighted by Gasteiger charge is 2.23. The van der Waals surface area contributed by atoms with Gasteiger partial charge in [-0.05, 0) is 105 Å². The van der Waals surface area contributed by atoms with Gasteiger partial charge in [0.1, 0.15) is 52.2 Å². The summed E-state index contributed by atoms with van der Waals surface area (Å²) < 4.78 is 43.5. The molecule has 21 nitrogen and oxygen atoms in total. The topological polar surface area (TPSA) is 238 Å². The van der Waals surface area contributed by atoms with Crippen molar-refractivity contribution < 1.29 is 23.0 Å². The Kier molecular flexibility index (Phi) is 19.5. The fourth-order valence-corrected chi connectivity index (χ4v) is 8.43. The number of hydrogen-bond acceptors (Lipinski definition) is 19. The zero-order chi connectivity index (χ0) is 55.1. The monoisotopic (exact) mass is 1070 g/mol. The van der Waals surface area contributed by atoms with E-state index in [4.69, 9.17) is 15.0 Å². The molecule has 0 radical (unpaired) electrons. The predicted octanol–water partition coefficient (Wildman–Crippen LogP) is 10.5. The summed E-state index contributed by atoms with van der Waals surface area (Å²) in [5, 5.41) is 23.9. The standard InChI is InChI=1S/C26H24FN9O2.C25H26FN7O.C3H6.CH4N2.CH4/c1-16-11-17(3-6-23(16)38-18-4-5-22-20(12-18)32-33-34(22)2)30-25-24-21(28-14-29-25)13-19(27)26(31-24)36-9-7-35(15-37)8-10-36;1-16-13-18(5-8-22(16)34-19-6-3-17(27-2)4-7-19)31-24-23-21(29-15-30-24)14-20(26)25(32-23)33-11-9-28-10-12-33;2*1-3-2;/h3-6,11-15H,7-10H2,1-2H3,(H,28,29,30);3-8,13-15,27-28H,9-12H2,1-2H3,(H,29,30,31);3H,1H2,2H3;2H,1H3;1H4. The number of fused-ring (bicyclic) bond motifs is 3. The van der Waals surface area contributed by atoms with Crippen molar-refractivity contribution in [3.8, 4) is 23.0 Å². The van der Waals surface area contributed by atoms with Gasteiger partial charge < -0.3 is 45.4 Å². The van der Waals surface area contributed by atoms with Gasteiger partial charge in [0.05, 0.1) is 16.6 Å². The van der Waals surface area contributed by atoms with Gasteiger partial charge in [0.15, 0.2) is 34.9 Å². The number of carbonyl (C=O) groups excluding carboxylic acids is 1. The van der Waals surface area contributed by atoms with E-state index in [0.717, 1.165) is 70.2 Å². The van der Waals surface area contributed by atoms with Gasteiger partial charge >= 0.3 is 0 Å². The second-order valence-corrected chi connectivity index (χ2v) is 17.8. The molecule has 79 heavy (non-hydrogen) atoms. The molecule has 0 atom stereocenters. The van der Waals surface area contributed by atoms with Crippen molar-refractivity contribution in [2.75, 3.05) is 92.2 Å². The van der Waals surface area contributed by atoms with Crippen molar-refractivity contribution in [3.63, 3.8) is 0 Å². The van der Waals surface area contributed by atoms with Crippen LogP contribution in [-0.2, 0) is 11.8 Å². The quantitative estimate of drug-likeness (QED) is 0.0434. The maximum Gasteiger partial charge on any atom is 0.209 e. The second kappa shape index (κ2) is 27.0. The third-order valence-electron chi connectivity index (χ3n) is 12.3. The molecule has 5 aromatic heterocycles. The number of halogens is 2. The summed E-state index contributed by atoms with van der Waals surface area (Å²) in [7, 11) is 5.14. The molecule has 0 aliphatic carbocycles. The summed E-state index contributed by atoms with van der Waals surface area (Å²) in [4.78, 5) is 42.8. The molecule has 0 spiro atoms. The number of benzene rings is 4. The maximum absolute atomic E-state index is 14.9. The molecule has 0 unspecified atom stereocenters. The second-order valence-electron chi connectivity index (χ2n) is 17.8. The summed E-state index contributed by atoms with van der Waals surface area (Å²) in [6.45, 7) is 14.2. The van der Waals surface area contributed by atoms with Crippen LogP contribution in [0.4, 0.5) is 49.1 Å². The van der Waals surface area contributed by atoms with Crippen LogP contribution in [0.5, 0.6) is 23.0 Å². The Bertz CT molecular complexity index is 3530. The minimum atomic E-state index is -0.460. The van der Waals surface area contributed by atoms with Crippen LogP contribution in [0, 0.1) is 31.0 Å². The van der Waals surface area contributed by atoms with Crippen LogP contribution >= 0.6 is 0 Å².